The fourth-order valence-electron chi connectivity index (χ4n) is 1.01. The lowest BCUT2D eigenvalue weighted by Gasteiger charge is -2.07. The minimum Gasteiger partial charge on any atom is -0.0885 e. The van der Waals surface area contributed by atoms with Crippen LogP contribution in [0.4, 0.5) is 0 Å². The van der Waals surface area contributed by atoms with E-state index in [1.807, 2.05) is 0 Å². The number of rotatable bonds is 5. The van der Waals surface area contributed by atoms with Gasteiger partial charge in [-0.25, -0.2) is 0 Å². The van der Waals surface area contributed by atoms with Crippen molar-refractivity contribution in [3.8, 4) is 0 Å². The van der Waals surface area contributed by atoms with Gasteiger partial charge in [-0.05, 0) is 24.7 Å². The van der Waals surface area contributed by atoms with E-state index in [9.17, 15) is 0 Å². The molecule has 2 unspecified atom stereocenters. The summed E-state index contributed by atoms with van der Waals surface area (Å²) in [6, 6.07) is 0. The van der Waals surface area contributed by atoms with Gasteiger partial charge in [0.2, 0.25) is 0 Å². The van der Waals surface area contributed by atoms with Crippen molar-refractivity contribution in [2.45, 2.75) is 40.0 Å². The van der Waals surface area contributed by atoms with Gasteiger partial charge in [0.1, 0.15) is 0 Å². The van der Waals surface area contributed by atoms with Crippen LogP contribution in [0.5, 0.6) is 0 Å². The molecule has 0 heterocycles. The molecule has 0 aromatic carbocycles. The monoisotopic (exact) mass is 153 g/mol. The molecule has 0 bridgehead atoms. The predicted molar refractivity (Wildman–Crippen MR) is 52.4 cm³/mol. The Labute approximate surface area is 71.7 Å². The molecule has 0 aliphatic rings. The van der Waals surface area contributed by atoms with E-state index < -0.39 is 0 Å². The second kappa shape index (κ2) is 6.45. The summed E-state index contributed by atoms with van der Waals surface area (Å²) in [5, 5.41) is 0. The van der Waals surface area contributed by atoms with Gasteiger partial charge in [-0.3, -0.25) is 0 Å². The standard InChI is InChI=1S/C11H21/c1-5-6-7-11(4)9-8-10(2)3/h6-7,10-11H,2,5,8-9H2,1,3-4H3/b7-6+. The number of hydrogen-bond donors (Lipinski definition) is 0. The first-order chi connectivity index (χ1) is 5.16. The minimum absolute atomic E-state index is 0.604. The third-order valence-electron chi connectivity index (χ3n) is 1.82. The molecule has 0 aliphatic heterocycles. The minimum atomic E-state index is 0.604. The Bertz CT molecular complexity index is 101. The zero-order valence-corrected chi connectivity index (χ0v) is 8.14. The van der Waals surface area contributed by atoms with Crippen LogP contribution >= 0.6 is 0 Å². The van der Waals surface area contributed by atoms with Gasteiger partial charge in [-0.2, -0.15) is 0 Å². The second-order valence-electron chi connectivity index (χ2n) is 3.50. The average molecular weight is 153 g/mol. The summed E-state index contributed by atoms with van der Waals surface area (Å²) < 4.78 is 0. The quantitative estimate of drug-likeness (QED) is 0.526. The Balaban J connectivity index is 3.36. The molecule has 0 amide bonds. The molecule has 0 fully saturated rings. The zero-order chi connectivity index (χ0) is 8.69. The fraction of sp³-hybridized carbons (Fsp3) is 0.727. The van der Waals surface area contributed by atoms with Gasteiger partial charge in [0.25, 0.3) is 0 Å². The van der Waals surface area contributed by atoms with Gasteiger partial charge in [0.05, 0.1) is 0 Å². The van der Waals surface area contributed by atoms with Crippen molar-refractivity contribution in [1.82, 2.24) is 0 Å². The van der Waals surface area contributed by atoms with Crippen LogP contribution in [0.15, 0.2) is 12.2 Å². The van der Waals surface area contributed by atoms with E-state index in [-0.39, 0.29) is 0 Å². The summed E-state index contributed by atoms with van der Waals surface area (Å²) in [5.41, 5.74) is 0. The summed E-state index contributed by atoms with van der Waals surface area (Å²) in [6.45, 7) is 10.6. The molecule has 1 radical (unpaired) electrons. The van der Waals surface area contributed by atoms with Crippen LogP contribution in [0.1, 0.15) is 40.0 Å². The van der Waals surface area contributed by atoms with Crippen molar-refractivity contribution < 1.29 is 0 Å². The largest absolute Gasteiger partial charge is 0.0885 e. The third kappa shape index (κ3) is 7.64. The maximum Gasteiger partial charge on any atom is -0.0262 e. The van der Waals surface area contributed by atoms with Gasteiger partial charge >= 0.3 is 0 Å². The van der Waals surface area contributed by atoms with Crippen molar-refractivity contribution in [2.75, 3.05) is 0 Å². The van der Waals surface area contributed by atoms with Crippen LogP contribution < -0.4 is 0 Å². The topological polar surface area (TPSA) is 0 Å². The van der Waals surface area contributed by atoms with Crippen LogP contribution in [0.2, 0.25) is 0 Å². The highest BCUT2D eigenvalue weighted by Gasteiger charge is 1.98. The van der Waals surface area contributed by atoms with Crippen molar-refractivity contribution in [2.24, 2.45) is 11.8 Å². The molecule has 65 valence electrons. The smallest absolute Gasteiger partial charge is 0.0262 e. The van der Waals surface area contributed by atoms with Gasteiger partial charge in [-0.1, -0.05) is 46.3 Å². The molecule has 0 N–H and O–H groups in total. The predicted octanol–water partition coefficient (Wildman–Crippen LogP) is 3.84. The Kier molecular flexibility index (Phi) is 6.30. The van der Waals surface area contributed by atoms with Gasteiger partial charge in [0, 0.05) is 0 Å². The van der Waals surface area contributed by atoms with Crippen LogP contribution in [0, 0.1) is 18.8 Å². The Morgan fingerprint density at radius 3 is 2.36 bits per heavy atom. The Hall–Kier alpha value is -0.260. The SMILES string of the molecule is [CH2]C(C)CCC(C)/C=C/CC. The molecule has 0 spiro atoms. The summed E-state index contributed by atoms with van der Waals surface area (Å²) in [4.78, 5) is 0. The summed E-state index contributed by atoms with van der Waals surface area (Å²) in [6.07, 6.45) is 8.24. The van der Waals surface area contributed by atoms with E-state index in [2.05, 4.69) is 39.8 Å². The van der Waals surface area contributed by atoms with Crippen molar-refractivity contribution in [1.29, 1.82) is 0 Å². The summed E-state index contributed by atoms with van der Waals surface area (Å²) in [5.74, 6) is 1.34. The lowest BCUT2D eigenvalue weighted by Crippen LogP contribution is -1.94. The van der Waals surface area contributed by atoms with E-state index in [0.29, 0.717) is 5.92 Å². The van der Waals surface area contributed by atoms with E-state index in [4.69, 9.17) is 0 Å². The summed E-state index contributed by atoms with van der Waals surface area (Å²) in [7, 11) is 0. The Morgan fingerprint density at radius 2 is 1.91 bits per heavy atom. The molecule has 2 atom stereocenters. The average Bonchev–Trinajstić information content (AvgIpc) is 1.97. The van der Waals surface area contributed by atoms with Gasteiger partial charge in [0.15, 0.2) is 0 Å². The molecule has 0 rings (SSSR count). The molecular formula is C11H21. The molecule has 0 saturated heterocycles. The van der Waals surface area contributed by atoms with E-state index in [1.165, 1.54) is 12.8 Å². The zero-order valence-electron chi connectivity index (χ0n) is 8.14. The van der Waals surface area contributed by atoms with E-state index in [1.54, 1.807) is 0 Å². The normalized spacial score (nSPS) is 14.6. The Morgan fingerprint density at radius 1 is 1.27 bits per heavy atom. The van der Waals surface area contributed by atoms with E-state index >= 15 is 0 Å². The lowest BCUT2D eigenvalue weighted by molar-refractivity contribution is 0.532. The van der Waals surface area contributed by atoms with Crippen molar-refractivity contribution >= 4 is 0 Å². The first-order valence-electron chi connectivity index (χ1n) is 4.66. The molecule has 0 heteroatoms. The van der Waals surface area contributed by atoms with E-state index in [0.717, 1.165) is 12.3 Å². The maximum absolute atomic E-state index is 3.97. The molecule has 0 aromatic heterocycles. The van der Waals surface area contributed by atoms with Crippen LogP contribution in [0.3, 0.4) is 0 Å². The van der Waals surface area contributed by atoms with Crippen molar-refractivity contribution in [3.05, 3.63) is 19.1 Å². The van der Waals surface area contributed by atoms with Crippen LogP contribution in [-0.2, 0) is 0 Å². The molecule has 0 aromatic rings. The maximum atomic E-state index is 3.97. The highest BCUT2D eigenvalue weighted by Crippen LogP contribution is 2.12. The highest BCUT2D eigenvalue weighted by atomic mass is 14.0. The second-order valence-corrected chi connectivity index (χ2v) is 3.50. The lowest BCUT2D eigenvalue weighted by atomic mass is 9.99. The molecule has 0 saturated carbocycles. The molecule has 0 nitrogen and oxygen atoms in total. The van der Waals surface area contributed by atoms with Gasteiger partial charge in [-0.15, -0.1) is 0 Å². The first-order valence-corrected chi connectivity index (χ1v) is 4.66. The first kappa shape index (κ1) is 10.7. The molecule has 0 aliphatic carbocycles. The van der Waals surface area contributed by atoms with Gasteiger partial charge < -0.3 is 0 Å². The van der Waals surface area contributed by atoms with Crippen LogP contribution in [-0.4, -0.2) is 0 Å². The summed E-state index contributed by atoms with van der Waals surface area (Å²) >= 11 is 0. The molecule has 11 heavy (non-hydrogen) atoms. The fourth-order valence-corrected chi connectivity index (χ4v) is 1.01. The highest BCUT2D eigenvalue weighted by molar-refractivity contribution is 4.85. The molecular weight excluding hydrogens is 132 g/mol. The number of hydrogen-bond acceptors (Lipinski definition) is 0. The third-order valence-corrected chi connectivity index (χ3v) is 1.82. The number of allylic oxidation sites excluding steroid dienone is 2. The van der Waals surface area contributed by atoms with Crippen LogP contribution in [0.25, 0.3) is 0 Å². The van der Waals surface area contributed by atoms with Crippen molar-refractivity contribution in [3.63, 3.8) is 0 Å².